The van der Waals surface area contributed by atoms with Gasteiger partial charge >= 0.3 is 12.2 Å². The topological polar surface area (TPSA) is 145 Å². The third-order valence-corrected chi connectivity index (χ3v) is 10.5. The van der Waals surface area contributed by atoms with E-state index in [2.05, 4.69) is 10.0 Å². The van der Waals surface area contributed by atoms with Crippen LogP contribution < -0.4 is 15.8 Å². The smallest absolute Gasteiger partial charge is 0.396 e. The number of para-hydroxylation sites is 1. The number of urea groups is 1. The van der Waals surface area contributed by atoms with Crippen LogP contribution in [-0.4, -0.2) is 98.2 Å². The zero-order valence-electron chi connectivity index (χ0n) is 26.5. The number of nitrogens with two attached hydrogens (primary N) is 1. The highest BCUT2D eigenvalue weighted by atomic mass is 35.5. The lowest BCUT2D eigenvalue weighted by molar-refractivity contribution is -0.175. The lowest BCUT2D eigenvalue weighted by Gasteiger charge is -2.40. The van der Waals surface area contributed by atoms with E-state index in [1.165, 1.54) is 21.9 Å². The molecule has 0 saturated carbocycles. The summed E-state index contributed by atoms with van der Waals surface area (Å²) >= 11 is 6.11. The predicted molar refractivity (Wildman–Crippen MR) is 176 cm³/mol. The van der Waals surface area contributed by atoms with E-state index in [1.54, 1.807) is 4.90 Å². The van der Waals surface area contributed by atoms with Crippen LogP contribution in [0.1, 0.15) is 49.1 Å². The molecule has 2 fully saturated rings. The number of hydrogen-bond acceptors (Lipinski definition) is 6. The lowest BCUT2D eigenvalue weighted by Crippen LogP contribution is -2.52. The number of sulfonamides is 1. The zero-order valence-corrected chi connectivity index (χ0v) is 28.1. The minimum atomic E-state index is -4.92. The van der Waals surface area contributed by atoms with E-state index in [0.29, 0.717) is 25.8 Å². The zero-order chi connectivity index (χ0) is 34.8. The Balaban J connectivity index is 1.32. The molecular formula is C32H40ClF3N6O5S. The molecule has 2 aromatic carbocycles. The molecular weight excluding hydrogens is 673 g/mol. The Hall–Kier alpha value is -3.56. The number of anilines is 2. The van der Waals surface area contributed by atoms with Crippen molar-refractivity contribution in [2.75, 3.05) is 50.0 Å². The minimum absolute atomic E-state index is 0.0247. The predicted octanol–water partition coefficient (Wildman–Crippen LogP) is 4.20. The first-order chi connectivity index (χ1) is 22.6. The average molecular weight is 713 g/mol. The number of nitrogens with one attached hydrogen (secondary N) is 2. The van der Waals surface area contributed by atoms with Crippen LogP contribution in [0.4, 0.5) is 29.3 Å². The number of halogens is 4. The van der Waals surface area contributed by atoms with Gasteiger partial charge in [0.05, 0.1) is 28.8 Å². The Bertz CT molecular complexity index is 1630. The minimum Gasteiger partial charge on any atom is -0.398 e. The van der Waals surface area contributed by atoms with Gasteiger partial charge in [0.15, 0.2) is 0 Å². The first-order valence-corrected chi connectivity index (χ1v) is 18.2. The summed E-state index contributed by atoms with van der Waals surface area (Å²) in [5.74, 6) is -5.58. The monoisotopic (exact) mass is 712 g/mol. The molecule has 0 spiro atoms. The molecule has 0 bridgehead atoms. The fourth-order valence-corrected chi connectivity index (χ4v) is 8.00. The van der Waals surface area contributed by atoms with Crippen LogP contribution >= 0.6 is 11.6 Å². The number of nitrogen functional groups attached to an aromatic ring is 1. The van der Waals surface area contributed by atoms with E-state index in [1.807, 2.05) is 24.3 Å². The van der Waals surface area contributed by atoms with Crippen LogP contribution in [0.15, 0.2) is 42.5 Å². The molecule has 4 N–H and O–H groups in total. The van der Waals surface area contributed by atoms with Gasteiger partial charge in [0.1, 0.15) is 0 Å². The molecule has 2 saturated heterocycles. The van der Waals surface area contributed by atoms with Crippen molar-refractivity contribution in [3.05, 3.63) is 58.6 Å². The van der Waals surface area contributed by atoms with Crippen molar-refractivity contribution < 1.29 is 36.0 Å². The van der Waals surface area contributed by atoms with E-state index < -0.39 is 52.3 Å². The number of likely N-dealkylation sites (tertiary alicyclic amines) is 2. The first kappa shape index (κ1) is 35.7. The Morgan fingerprint density at radius 1 is 1.02 bits per heavy atom. The normalized spacial score (nSPS) is 19.7. The Morgan fingerprint density at radius 2 is 1.67 bits per heavy atom. The van der Waals surface area contributed by atoms with Gasteiger partial charge in [0.2, 0.25) is 21.8 Å². The summed E-state index contributed by atoms with van der Waals surface area (Å²) in [5, 5.41) is 2.84. The van der Waals surface area contributed by atoms with Crippen LogP contribution in [0.5, 0.6) is 0 Å². The summed E-state index contributed by atoms with van der Waals surface area (Å²) < 4.78 is 70.5. The van der Waals surface area contributed by atoms with Crippen LogP contribution in [0.3, 0.4) is 0 Å². The van der Waals surface area contributed by atoms with E-state index in [4.69, 9.17) is 17.3 Å². The van der Waals surface area contributed by atoms with Gasteiger partial charge in [0.25, 0.3) is 0 Å². The quantitative estimate of drug-likeness (QED) is 0.350. The second-order valence-corrected chi connectivity index (χ2v) is 14.9. The van der Waals surface area contributed by atoms with Crippen LogP contribution in [0.2, 0.25) is 5.02 Å². The Morgan fingerprint density at radius 3 is 2.29 bits per heavy atom. The fourth-order valence-electron chi connectivity index (χ4n) is 6.97. The van der Waals surface area contributed by atoms with Crippen molar-refractivity contribution in [3.63, 3.8) is 0 Å². The molecule has 0 radical (unpaired) electrons. The molecule has 3 aliphatic heterocycles. The van der Waals surface area contributed by atoms with Gasteiger partial charge < -0.3 is 25.8 Å². The number of nitrogens with zero attached hydrogens (tertiary/aromatic N) is 3. The first-order valence-electron chi connectivity index (χ1n) is 15.9. The van der Waals surface area contributed by atoms with E-state index in [0.717, 1.165) is 23.6 Å². The molecule has 48 heavy (non-hydrogen) atoms. The molecule has 11 nitrogen and oxygen atoms in total. The molecule has 2 atom stereocenters. The highest BCUT2D eigenvalue weighted by molar-refractivity contribution is 7.88. The maximum atomic E-state index is 14.9. The van der Waals surface area contributed by atoms with Crippen LogP contribution in [0, 0.1) is 5.92 Å². The molecule has 0 aromatic heterocycles. The van der Waals surface area contributed by atoms with Crippen molar-refractivity contribution in [1.29, 1.82) is 0 Å². The summed E-state index contributed by atoms with van der Waals surface area (Å²) in [4.78, 5) is 45.2. The lowest BCUT2D eigenvalue weighted by atomic mass is 9.81. The summed E-state index contributed by atoms with van der Waals surface area (Å²) in [7, 11) is -3.51. The number of benzene rings is 2. The molecule has 3 aliphatic rings. The number of piperidine rings is 2. The summed E-state index contributed by atoms with van der Waals surface area (Å²) in [5.41, 5.74) is 7.33. The fraction of sp³-hybridized carbons (Fsp3) is 0.531. The van der Waals surface area contributed by atoms with Gasteiger partial charge in [0, 0.05) is 56.9 Å². The largest absolute Gasteiger partial charge is 0.398 e. The number of carbonyl (C=O) groups is 3. The van der Waals surface area contributed by atoms with E-state index >= 15 is 0 Å². The summed E-state index contributed by atoms with van der Waals surface area (Å²) in [6, 6.07) is 10.2. The third kappa shape index (κ3) is 8.53. The summed E-state index contributed by atoms with van der Waals surface area (Å²) in [6.07, 6.45) is -2.64. The van der Waals surface area contributed by atoms with Crippen molar-refractivity contribution in [2.24, 2.45) is 5.92 Å². The van der Waals surface area contributed by atoms with Gasteiger partial charge in [-0.2, -0.15) is 13.2 Å². The molecule has 3 heterocycles. The van der Waals surface area contributed by atoms with Gasteiger partial charge in [-0.25, -0.2) is 17.9 Å². The molecule has 4 amide bonds. The van der Waals surface area contributed by atoms with Gasteiger partial charge in [-0.05, 0) is 61.4 Å². The number of amides is 4. The highest BCUT2D eigenvalue weighted by Crippen LogP contribution is 2.44. The number of fused-ring (bicyclic) bond motifs is 1. The van der Waals surface area contributed by atoms with Crippen molar-refractivity contribution in [3.8, 4) is 0 Å². The van der Waals surface area contributed by atoms with Gasteiger partial charge in [-0.1, -0.05) is 35.9 Å². The van der Waals surface area contributed by atoms with Crippen molar-refractivity contribution in [1.82, 2.24) is 19.4 Å². The van der Waals surface area contributed by atoms with E-state index in [-0.39, 0.29) is 67.4 Å². The molecule has 5 rings (SSSR count). The van der Waals surface area contributed by atoms with Crippen LogP contribution in [-0.2, 0) is 26.0 Å². The number of hydrogen-bond donors (Lipinski definition) is 3. The molecule has 16 heteroatoms. The Labute approximate surface area is 283 Å². The summed E-state index contributed by atoms with van der Waals surface area (Å²) in [6.45, 7) is 0.974. The van der Waals surface area contributed by atoms with Gasteiger partial charge in [-0.15, -0.1) is 0 Å². The molecule has 1 unspecified atom stereocenters. The van der Waals surface area contributed by atoms with Crippen molar-refractivity contribution >= 4 is 50.8 Å². The second kappa shape index (κ2) is 14.5. The molecule has 2 aromatic rings. The Kier molecular flexibility index (Phi) is 10.8. The average Bonchev–Trinajstić information content (AvgIpc) is 3.19. The molecule has 0 aliphatic carbocycles. The molecule has 262 valence electrons. The number of rotatable bonds is 8. The highest BCUT2D eigenvalue weighted by Gasteiger charge is 2.50. The maximum Gasteiger partial charge on any atom is 0.396 e. The van der Waals surface area contributed by atoms with Gasteiger partial charge in [-0.3, -0.25) is 9.59 Å². The second-order valence-electron chi connectivity index (χ2n) is 12.7. The van der Waals surface area contributed by atoms with Crippen molar-refractivity contribution in [2.45, 2.75) is 62.7 Å². The van der Waals surface area contributed by atoms with E-state index in [9.17, 15) is 36.0 Å². The van der Waals surface area contributed by atoms with Crippen LogP contribution in [0.25, 0.3) is 0 Å². The standard InChI is InChI=1S/C32H40ClF3N6O5S/c1-48(46,47)39-22-9-13-41(14-10-22)30(44)24(29(32(34,35)36)21-6-7-26(37)25(33)18-21)19-28(43)40-15-11-23(12-16-40)42-17-8-20-4-2-3-5-27(20)38-31(42)45/h2-7,18,22-24,29,39H,8-17,19,37H2,1H3,(H,38,45)/t24-,29?/m0/s1. The third-order valence-electron chi connectivity index (χ3n) is 9.44. The maximum absolute atomic E-state index is 14.9. The number of alkyl halides is 3. The number of carbonyl (C=O) groups excluding carboxylic acids is 3. The SMILES string of the molecule is CS(=O)(=O)NC1CCN(C(=O)[C@@H](CC(=O)N2CCC(N3CCc4ccccc4NC3=O)CC2)C(c2ccc(N)c(Cl)c2)C(F)(F)F)CC1.